The van der Waals surface area contributed by atoms with Gasteiger partial charge in [0, 0.05) is 17.3 Å². The van der Waals surface area contributed by atoms with E-state index < -0.39 is 0 Å². The number of aliphatic imine (C=N–C) groups is 1. The Morgan fingerprint density at radius 3 is 2.07 bits per heavy atom. The van der Waals surface area contributed by atoms with Crippen LogP contribution in [0.1, 0.15) is 27.7 Å². The topological polar surface area (TPSA) is 12.4 Å². The van der Waals surface area contributed by atoms with Gasteiger partial charge < -0.3 is 0 Å². The number of thioether (sulfide) groups is 1. The van der Waals surface area contributed by atoms with Crippen LogP contribution in [0.15, 0.2) is 40.4 Å². The van der Waals surface area contributed by atoms with Gasteiger partial charge in [-0.2, -0.15) is 0 Å². The molecule has 14 heavy (non-hydrogen) atoms. The van der Waals surface area contributed by atoms with E-state index in [-0.39, 0.29) is 0 Å². The first-order valence-corrected chi connectivity index (χ1v) is 5.82. The maximum atomic E-state index is 4.06. The minimum absolute atomic E-state index is 1.23. The summed E-state index contributed by atoms with van der Waals surface area (Å²) in [5, 5.41) is 0. The van der Waals surface area contributed by atoms with Crippen LogP contribution in [0.25, 0.3) is 0 Å². The van der Waals surface area contributed by atoms with Gasteiger partial charge >= 0.3 is 0 Å². The summed E-state index contributed by atoms with van der Waals surface area (Å²) in [4.78, 5) is 5.29. The van der Waals surface area contributed by atoms with Crippen molar-refractivity contribution in [3.05, 3.63) is 35.4 Å². The Morgan fingerprint density at radius 2 is 1.79 bits per heavy atom. The van der Waals surface area contributed by atoms with Crippen molar-refractivity contribution < 1.29 is 0 Å². The molecular formula is C12H21NS. The molecule has 0 fully saturated rings. The van der Waals surface area contributed by atoms with Crippen molar-refractivity contribution >= 4 is 18.0 Å². The minimum Gasteiger partial charge on any atom is -0.268 e. The van der Waals surface area contributed by atoms with Gasteiger partial charge in [0.1, 0.15) is 0 Å². The van der Waals surface area contributed by atoms with Gasteiger partial charge in [0.2, 0.25) is 0 Å². The highest BCUT2D eigenvalue weighted by atomic mass is 32.2. The van der Waals surface area contributed by atoms with Crippen LogP contribution in [0.4, 0.5) is 0 Å². The monoisotopic (exact) mass is 211 g/mol. The third-order valence-electron chi connectivity index (χ3n) is 1.38. The SMILES string of the molecule is C=CC.CC=N/C=C(SC)/C(C)=C/C. The number of nitrogens with zero attached hydrogens (tertiary/aromatic N) is 1. The van der Waals surface area contributed by atoms with Gasteiger partial charge in [-0.3, -0.25) is 4.99 Å². The summed E-state index contributed by atoms with van der Waals surface area (Å²) in [5.41, 5.74) is 1.28. The Bertz CT molecular complexity index is 224. The Labute approximate surface area is 92.7 Å². The largest absolute Gasteiger partial charge is 0.268 e. The predicted octanol–water partition coefficient (Wildman–Crippen LogP) is 4.44. The van der Waals surface area contributed by atoms with E-state index >= 15 is 0 Å². The second kappa shape index (κ2) is 12.2. The van der Waals surface area contributed by atoms with Crippen LogP contribution in [0.2, 0.25) is 0 Å². The molecule has 0 saturated heterocycles. The summed E-state index contributed by atoms with van der Waals surface area (Å²) >= 11 is 1.72. The van der Waals surface area contributed by atoms with Gasteiger partial charge in [-0.05, 0) is 39.5 Å². The van der Waals surface area contributed by atoms with E-state index in [9.17, 15) is 0 Å². The van der Waals surface area contributed by atoms with Crippen molar-refractivity contribution in [3.63, 3.8) is 0 Å². The van der Waals surface area contributed by atoms with Crippen molar-refractivity contribution in [2.45, 2.75) is 27.7 Å². The van der Waals surface area contributed by atoms with Crippen LogP contribution < -0.4 is 0 Å². The van der Waals surface area contributed by atoms with Crippen LogP contribution in [-0.2, 0) is 0 Å². The molecule has 0 N–H and O–H groups in total. The lowest BCUT2D eigenvalue weighted by molar-refractivity contribution is 1.42. The van der Waals surface area contributed by atoms with Gasteiger partial charge in [0.15, 0.2) is 0 Å². The third-order valence-corrected chi connectivity index (χ3v) is 2.25. The number of hydrogen-bond acceptors (Lipinski definition) is 2. The molecular weight excluding hydrogens is 190 g/mol. The molecule has 0 saturated carbocycles. The Morgan fingerprint density at radius 1 is 1.29 bits per heavy atom. The second-order valence-electron chi connectivity index (χ2n) is 2.48. The molecule has 0 rings (SSSR count). The summed E-state index contributed by atoms with van der Waals surface area (Å²) in [5.74, 6) is 0. The van der Waals surface area contributed by atoms with Crippen molar-refractivity contribution in [2.24, 2.45) is 4.99 Å². The first-order valence-electron chi connectivity index (χ1n) is 4.60. The third kappa shape index (κ3) is 9.33. The smallest absolute Gasteiger partial charge is 0.0402 e. The summed E-state index contributed by atoms with van der Waals surface area (Å²) in [6.07, 6.45) is 9.58. The molecule has 0 aromatic heterocycles. The fraction of sp³-hybridized carbons (Fsp3) is 0.417. The van der Waals surface area contributed by atoms with E-state index in [0.717, 1.165) is 0 Å². The fourth-order valence-electron chi connectivity index (χ4n) is 0.600. The van der Waals surface area contributed by atoms with Crippen molar-refractivity contribution in [1.29, 1.82) is 0 Å². The lowest BCUT2D eigenvalue weighted by Crippen LogP contribution is -1.77. The van der Waals surface area contributed by atoms with E-state index in [1.54, 1.807) is 24.1 Å². The highest BCUT2D eigenvalue weighted by molar-refractivity contribution is 8.02. The molecule has 0 atom stereocenters. The molecule has 0 aromatic carbocycles. The fourth-order valence-corrected chi connectivity index (χ4v) is 1.21. The lowest BCUT2D eigenvalue weighted by atomic mass is 10.3. The number of allylic oxidation sites excluding steroid dienone is 3. The van der Waals surface area contributed by atoms with Gasteiger partial charge in [-0.25, -0.2) is 0 Å². The van der Waals surface area contributed by atoms with Crippen molar-refractivity contribution in [1.82, 2.24) is 0 Å². The molecule has 0 radical (unpaired) electrons. The Kier molecular flexibility index (Phi) is 13.7. The molecule has 0 amide bonds. The van der Waals surface area contributed by atoms with E-state index in [2.05, 4.69) is 30.8 Å². The molecule has 0 aromatic rings. The van der Waals surface area contributed by atoms with Crippen LogP contribution in [0.3, 0.4) is 0 Å². The molecule has 0 spiro atoms. The normalized spacial score (nSPS) is 12.4. The van der Waals surface area contributed by atoms with Crippen LogP contribution >= 0.6 is 11.8 Å². The van der Waals surface area contributed by atoms with Crippen LogP contribution in [0.5, 0.6) is 0 Å². The summed E-state index contributed by atoms with van der Waals surface area (Å²) < 4.78 is 0. The van der Waals surface area contributed by atoms with Crippen molar-refractivity contribution in [2.75, 3.05) is 6.26 Å². The van der Waals surface area contributed by atoms with Gasteiger partial charge in [0.25, 0.3) is 0 Å². The quantitative estimate of drug-likeness (QED) is 0.382. The zero-order valence-electron chi connectivity index (χ0n) is 9.87. The highest BCUT2D eigenvalue weighted by Gasteiger charge is 1.94. The van der Waals surface area contributed by atoms with E-state index in [1.165, 1.54) is 10.5 Å². The number of rotatable bonds is 3. The maximum Gasteiger partial charge on any atom is 0.0402 e. The zero-order chi connectivity index (χ0) is 11.4. The molecule has 0 aliphatic carbocycles. The summed E-state index contributed by atoms with van der Waals surface area (Å²) in [6.45, 7) is 11.3. The number of hydrogen-bond donors (Lipinski definition) is 0. The predicted molar refractivity (Wildman–Crippen MR) is 71.1 cm³/mol. The molecule has 1 nitrogen and oxygen atoms in total. The van der Waals surface area contributed by atoms with Gasteiger partial charge in [0.05, 0.1) is 0 Å². The second-order valence-corrected chi connectivity index (χ2v) is 3.33. The summed E-state index contributed by atoms with van der Waals surface area (Å²) in [7, 11) is 0. The Hall–Kier alpha value is -0.760. The van der Waals surface area contributed by atoms with Crippen LogP contribution in [-0.4, -0.2) is 12.5 Å². The van der Waals surface area contributed by atoms with Gasteiger partial charge in [-0.1, -0.05) is 12.2 Å². The van der Waals surface area contributed by atoms with Crippen LogP contribution in [0, 0.1) is 0 Å². The average Bonchev–Trinajstić information content (AvgIpc) is 2.19. The summed E-state index contributed by atoms with van der Waals surface area (Å²) in [6, 6.07) is 0. The van der Waals surface area contributed by atoms with E-state index in [4.69, 9.17) is 0 Å². The minimum atomic E-state index is 1.23. The Balaban J connectivity index is 0. The molecule has 80 valence electrons. The zero-order valence-corrected chi connectivity index (χ0v) is 10.7. The molecule has 2 heteroatoms. The van der Waals surface area contributed by atoms with E-state index in [0.29, 0.717) is 0 Å². The lowest BCUT2D eigenvalue weighted by Gasteiger charge is -2.00. The van der Waals surface area contributed by atoms with Gasteiger partial charge in [-0.15, -0.1) is 18.3 Å². The van der Waals surface area contributed by atoms with Crippen molar-refractivity contribution in [3.8, 4) is 0 Å². The molecule has 0 aliphatic rings. The highest BCUT2D eigenvalue weighted by Crippen LogP contribution is 2.20. The standard InChI is InChI=1S/C9H15NS.C3H6/c1-5-8(3)9(11-4)7-10-6-2;1-3-2/h5-7H,1-4H3;3H,1H2,2H3/b8-5+,9-7-,10-6?;. The first kappa shape index (κ1) is 15.7. The molecule has 0 unspecified atom stereocenters. The molecule has 0 heterocycles. The van der Waals surface area contributed by atoms with E-state index in [1.807, 2.05) is 27.0 Å². The first-order chi connectivity index (χ1) is 6.67. The average molecular weight is 211 g/mol. The maximum absolute atomic E-state index is 4.06. The molecule has 0 aliphatic heterocycles. The molecule has 0 bridgehead atoms.